The number of hydrogen-bond acceptors (Lipinski definition) is 4. The fourth-order valence-electron chi connectivity index (χ4n) is 3.35. The van der Waals surface area contributed by atoms with Crippen molar-refractivity contribution in [2.75, 3.05) is 26.2 Å². The van der Waals surface area contributed by atoms with E-state index in [1.165, 1.54) is 0 Å². The van der Waals surface area contributed by atoms with Gasteiger partial charge < -0.3 is 19.8 Å². The third-order valence-corrected chi connectivity index (χ3v) is 5.62. The predicted octanol–water partition coefficient (Wildman–Crippen LogP) is 5.97. The van der Waals surface area contributed by atoms with Gasteiger partial charge in [-0.3, -0.25) is 0 Å². The molecule has 0 unspecified atom stereocenters. The molecule has 3 aromatic carbocycles. The predicted molar refractivity (Wildman–Crippen MR) is 128 cm³/mol. The maximum atomic E-state index is 9.69. The molecule has 0 atom stereocenters. The molecule has 0 fully saturated rings. The molecule has 2 N–H and O–H groups in total. The fraction of sp³-hybridized carbons (Fsp3) is 0.231. The molecule has 0 saturated heterocycles. The molecule has 5 heteroatoms. The molecule has 0 aliphatic heterocycles. The Morgan fingerprint density at radius 1 is 0.742 bits per heavy atom. The second-order valence-corrected chi connectivity index (χ2v) is 7.56. The number of phenols is 2. The molecular weight excluding hydrogens is 410 g/mol. The molecule has 3 aromatic rings. The highest BCUT2D eigenvalue weighted by Gasteiger charge is 2.13. The SMILES string of the molecule is CCN(CC)CCOc1ccc(C(=C(Cl)c2ccc(O)cc2)c2ccc(O)cc2)cc1. The Morgan fingerprint density at radius 3 is 1.68 bits per heavy atom. The van der Waals surface area contributed by atoms with Gasteiger partial charge in [-0.1, -0.05) is 49.7 Å². The Labute approximate surface area is 189 Å². The van der Waals surface area contributed by atoms with Gasteiger partial charge in [0.1, 0.15) is 23.9 Å². The van der Waals surface area contributed by atoms with Crippen molar-refractivity contribution in [1.82, 2.24) is 4.90 Å². The second kappa shape index (κ2) is 10.9. The number of phenolic OH excluding ortho intramolecular Hbond substituents is 2. The highest BCUT2D eigenvalue weighted by Crippen LogP contribution is 2.36. The Balaban J connectivity index is 1.90. The summed E-state index contributed by atoms with van der Waals surface area (Å²) in [5, 5.41) is 19.9. The molecule has 31 heavy (non-hydrogen) atoms. The van der Waals surface area contributed by atoms with Crippen molar-refractivity contribution >= 4 is 22.2 Å². The number of hydrogen-bond donors (Lipinski definition) is 2. The summed E-state index contributed by atoms with van der Waals surface area (Å²) in [7, 11) is 0. The smallest absolute Gasteiger partial charge is 0.119 e. The van der Waals surface area contributed by atoms with Crippen LogP contribution in [0.25, 0.3) is 10.6 Å². The van der Waals surface area contributed by atoms with Crippen molar-refractivity contribution in [3.05, 3.63) is 89.5 Å². The first kappa shape index (κ1) is 22.7. The van der Waals surface area contributed by atoms with E-state index < -0.39 is 0 Å². The summed E-state index contributed by atoms with van der Waals surface area (Å²) in [6.45, 7) is 7.83. The second-order valence-electron chi connectivity index (χ2n) is 7.18. The highest BCUT2D eigenvalue weighted by molar-refractivity contribution is 6.53. The molecule has 0 aromatic heterocycles. The zero-order valence-electron chi connectivity index (χ0n) is 17.9. The minimum absolute atomic E-state index is 0.186. The number of benzene rings is 3. The minimum atomic E-state index is 0.186. The Kier molecular flexibility index (Phi) is 7.99. The van der Waals surface area contributed by atoms with E-state index in [1.54, 1.807) is 36.4 Å². The van der Waals surface area contributed by atoms with Crippen LogP contribution in [0.15, 0.2) is 72.8 Å². The largest absolute Gasteiger partial charge is 0.508 e. The number of halogens is 1. The molecule has 162 valence electrons. The molecule has 0 heterocycles. The summed E-state index contributed by atoms with van der Waals surface area (Å²) in [5.74, 6) is 1.19. The lowest BCUT2D eigenvalue weighted by molar-refractivity contribution is 0.223. The Bertz CT molecular complexity index is 992. The quantitative estimate of drug-likeness (QED) is 0.405. The van der Waals surface area contributed by atoms with Gasteiger partial charge in [0.2, 0.25) is 0 Å². The first-order valence-electron chi connectivity index (χ1n) is 10.5. The van der Waals surface area contributed by atoms with Gasteiger partial charge in [0.25, 0.3) is 0 Å². The molecule has 0 aliphatic rings. The molecule has 0 radical (unpaired) electrons. The average Bonchev–Trinajstić information content (AvgIpc) is 2.79. The normalized spacial score (nSPS) is 12.0. The van der Waals surface area contributed by atoms with Crippen LogP contribution in [0.1, 0.15) is 30.5 Å². The van der Waals surface area contributed by atoms with Gasteiger partial charge in [0.05, 0.1) is 5.03 Å². The lowest BCUT2D eigenvalue weighted by atomic mass is 9.95. The van der Waals surface area contributed by atoms with E-state index in [9.17, 15) is 10.2 Å². The van der Waals surface area contributed by atoms with E-state index in [0.29, 0.717) is 11.6 Å². The van der Waals surface area contributed by atoms with Crippen LogP contribution in [-0.4, -0.2) is 41.4 Å². The van der Waals surface area contributed by atoms with Gasteiger partial charge >= 0.3 is 0 Å². The lowest BCUT2D eigenvalue weighted by Gasteiger charge is -2.18. The topological polar surface area (TPSA) is 52.9 Å². The van der Waals surface area contributed by atoms with Crippen LogP contribution in [0.5, 0.6) is 17.2 Å². The van der Waals surface area contributed by atoms with Crippen molar-refractivity contribution < 1.29 is 14.9 Å². The molecular formula is C26H28ClNO3. The van der Waals surface area contributed by atoms with Gasteiger partial charge in [0, 0.05) is 12.1 Å². The number of ether oxygens (including phenoxy) is 1. The molecule has 0 spiro atoms. The van der Waals surface area contributed by atoms with Crippen molar-refractivity contribution in [1.29, 1.82) is 0 Å². The van der Waals surface area contributed by atoms with Crippen LogP contribution in [0, 0.1) is 0 Å². The minimum Gasteiger partial charge on any atom is -0.508 e. The van der Waals surface area contributed by atoms with E-state index in [0.717, 1.165) is 47.6 Å². The summed E-state index contributed by atoms with van der Waals surface area (Å²) in [6.07, 6.45) is 0. The number of nitrogens with zero attached hydrogens (tertiary/aromatic N) is 1. The van der Waals surface area contributed by atoms with Crippen molar-refractivity contribution in [2.24, 2.45) is 0 Å². The number of rotatable bonds is 9. The van der Waals surface area contributed by atoms with Crippen LogP contribution in [0.2, 0.25) is 0 Å². The van der Waals surface area contributed by atoms with Crippen molar-refractivity contribution in [2.45, 2.75) is 13.8 Å². The first-order chi connectivity index (χ1) is 15.0. The summed E-state index contributed by atoms with van der Waals surface area (Å²) < 4.78 is 5.90. The summed E-state index contributed by atoms with van der Waals surface area (Å²) in [6, 6.07) is 21.6. The molecule has 0 saturated carbocycles. The third kappa shape index (κ3) is 6.03. The fourth-order valence-corrected chi connectivity index (χ4v) is 3.69. The Morgan fingerprint density at radius 2 is 1.19 bits per heavy atom. The highest BCUT2D eigenvalue weighted by atomic mass is 35.5. The standard InChI is InChI=1S/C26H28ClNO3/c1-3-28(4-2)17-18-31-24-15-9-20(10-16-24)25(19-5-11-22(29)12-6-19)26(27)21-7-13-23(30)14-8-21/h5-16,29-30H,3-4,17-18H2,1-2H3. The zero-order chi connectivity index (χ0) is 22.2. The maximum Gasteiger partial charge on any atom is 0.119 e. The molecule has 0 bridgehead atoms. The van der Waals surface area contributed by atoms with Gasteiger partial charge in [-0.2, -0.15) is 0 Å². The van der Waals surface area contributed by atoms with Crippen LogP contribution in [0.3, 0.4) is 0 Å². The Hall–Kier alpha value is -2.95. The third-order valence-electron chi connectivity index (χ3n) is 5.21. The van der Waals surface area contributed by atoms with E-state index in [-0.39, 0.29) is 11.5 Å². The van der Waals surface area contributed by atoms with Gasteiger partial charge in [-0.25, -0.2) is 0 Å². The van der Waals surface area contributed by atoms with Crippen LogP contribution >= 0.6 is 11.6 Å². The monoisotopic (exact) mass is 437 g/mol. The summed E-state index contributed by atoms with van der Waals surface area (Å²) in [4.78, 5) is 2.32. The van der Waals surface area contributed by atoms with Gasteiger partial charge in [-0.05, 0) is 78.3 Å². The van der Waals surface area contributed by atoms with Crippen LogP contribution in [-0.2, 0) is 0 Å². The van der Waals surface area contributed by atoms with E-state index in [1.807, 2.05) is 36.4 Å². The zero-order valence-corrected chi connectivity index (χ0v) is 18.6. The van der Waals surface area contributed by atoms with Gasteiger partial charge in [0.15, 0.2) is 0 Å². The van der Waals surface area contributed by atoms with Crippen LogP contribution < -0.4 is 4.74 Å². The molecule has 4 nitrogen and oxygen atoms in total. The molecule has 0 aliphatic carbocycles. The van der Waals surface area contributed by atoms with Gasteiger partial charge in [-0.15, -0.1) is 0 Å². The maximum absolute atomic E-state index is 9.69. The first-order valence-corrected chi connectivity index (χ1v) is 10.8. The summed E-state index contributed by atoms with van der Waals surface area (Å²) >= 11 is 6.82. The molecule has 0 amide bonds. The van der Waals surface area contributed by atoms with Crippen LogP contribution in [0.4, 0.5) is 0 Å². The number of likely N-dealkylation sites (N-methyl/N-ethyl adjacent to an activating group) is 1. The average molecular weight is 438 g/mol. The summed E-state index contributed by atoms with van der Waals surface area (Å²) in [5.41, 5.74) is 3.44. The number of aromatic hydroxyl groups is 2. The van der Waals surface area contributed by atoms with Crippen molar-refractivity contribution in [3.63, 3.8) is 0 Å². The van der Waals surface area contributed by atoms with E-state index >= 15 is 0 Å². The van der Waals surface area contributed by atoms with E-state index in [2.05, 4.69) is 18.7 Å². The lowest BCUT2D eigenvalue weighted by Crippen LogP contribution is -2.27. The van der Waals surface area contributed by atoms with E-state index in [4.69, 9.17) is 16.3 Å². The van der Waals surface area contributed by atoms with Crippen molar-refractivity contribution in [3.8, 4) is 17.2 Å². The molecule has 3 rings (SSSR count).